The van der Waals surface area contributed by atoms with Gasteiger partial charge in [0.2, 0.25) is 11.8 Å². The molecule has 1 atom stereocenters. The van der Waals surface area contributed by atoms with Crippen LogP contribution in [0.3, 0.4) is 0 Å². The Balaban J connectivity index is 1.46. The van der Waals surface area contributed by atoms with Crippen molar-refractivity contribution in [2.24, 2.45) is 0 Å². The molecule has 2 aromatic heterocycles. The SMILES string of the molecule is COC(=O)Cc1ccc2c(c1)NC(=O)C/C=C/CC(NC(=O)/C=C/c1cc(Cl)ccc1-n1cnnn1)c1cc-2nc(C)n1. The molecule has 0 saturated carbocycles. The summed E-state index contributed by atoms with van der Waals surface area (Å²) in [5.74, 6) is -0.499. The minimum Gasteiger partial charge on any atom is -0.469 e. The van der Waals surface area contributed by atoms with Crippen molar-refractivity contribution in [1.29, 1.82) is 0 Å². The summed E-state index contributed by atoms with van der Waals surface area (Å²) in [7, 11) is 1.33. The summed E-state index contributed by atoms with van der Waals surface area (Å²) in [6.07, 6.45) is 8.61. The average Bonchev–Trinajstić information content (AvgIpc) is 3.52. The van der Waals surface area contributed by atoms with Crippen LogP contribution in [0.4, 0.5) is 5.69 Å². The van der Waals surface area contributed by atoms with E-state index in [-0.39, 0.29) is 24.7 Å². The molecule has 218 valence electrons. The van der Waals surface area contributed by atoms with Crippen LogP contribution in [0.5, 0.6) is 0 Å². The number of halogens is 1. The van der Waals surface area contributed by atoms with Gasteiger partial charge < -0.3 is 15.4 Å². The maximum atomic E-state index is 13.2. The van der Waals surface area contributed by atoms with Crippen LogP contribution < -0.4 is 10.6 Å². The van der Waals surface area contributed by atoms with Crippen molar-refractivity contribution in [1.82, 2.24) is 35.5 Å². The Morgan fingerprint density at radius 3 is 2.81 bits per heavy atom. The fraction of sp³-hybridized carbons (Fsp3) is 0.200. The zero-order valence-corrected chi connectivity index (χ0v) is 24.1. The van der Waals surface area contributed by atoms with Gasteiger partial charge >= 0.3 is 5.97 Å². The fourth-order valence-electron chi connectivity index (χ4n) is 4.58. The van der Waals surface area contributed by atoms with Gasteiger partial charge in [0.15, 0.2) is 0 Å². The standard InChI is InChI=1S/C30H27ClN8O4/c1-18-33-25-16-26(34-18)23(35-29(41)12-8-20-15-21(31)9-11-27(20)39-17-32-37-38-39)5-3-4-6-28(40)36-24-13-19(7-10-22(24)25)14-30(42)43-2/h3-4,7-13,15-17,23H,5-6,14H2,1-2H3,(H,35,41)(H,36,40)/b4-3+,12-8+. The van der Waals surface area contributed by atoms with E-state index < -0.39 is 12.0 Å². The maximum Gasteiger partial charge on any atom is 0.309 e. The number of anilines is 1. The molecule has 0 spiro atoms. The molecule has 2 bridgehead atoms. The number of amides is 2. The molecule has 5 rings (SSSR count). The van der Waals surface area contributed by atoms with Crippen molar-refractivity contribution in [3.8, 4) is 16.9 Å². The number of nitrogens with one attached hydrogen (secondary N) is 2. The van der Waals surface area contributed by atoms with Crippen LogP contribution in [-0.2, 0) is 25.5 Å². The van der Waals surface area contributed by atoms with Crippen LogP contribution in [-0.4, -0.2) is 55.1 Å². The normalized spacial score (nSPS) is 15.5. The van der Waals surface area contributed by atoms with E-state index >= 15 is 0 Å². The lowest BCUT2D eigenvalue weighted by Crippen LogP contribution is -2.27. The summed E-state index contributed by atoms with van der Waals surface area (Å²) in [6.45, 7) is 1.76. The van der Waals surface area contributed by atoms with Gasteiger partial charge in [-0.3, -0.25) is 14.4 Å². The summed E-state index contributed by atoms with van der Waals surface area (Å²) < 4.78 is 6.26. The van der Waals surface area contributed by atoms with Crippen LogP contribution in [0.1, 0.15) is 41.5 Å². The first-order valence-corrected chi connectivity index (χ1v) is 13.7. The van der Waals surface area contributed by atoms with Crippen LogP contribution in [0, 0.1) is 6.92 Å². The molecule has 1 aliphatic rings. The number of hydrogen-bond acceptors (Lipinski definition) is 9. The first-order valence-electron chi connectivity index (χ1n) is 13.3. The molecule has 1 unspecified atom stereocenters. The van der Waals surface area contributed by atoms with Crippen LogP contribution in [0.25, 0.3) is 23.0 Å². The van der Waals surface area contributed by atoms with Crippen molar-refractivity contribution in [3.63, 3.8) is 0 Å². The highest BCUT2D eigenvalue weighted by atomic mass is 35.5. The molecule has 0 aliphatic carbocycles. The van der Waals surface area contributed by atoms with E-state index in [4.69, 9.17) is 16.3 Å². The number of benzene rings is 2. The fourth-order valence-corrected chi connectivity index (χ4v) is 4.76. The number of fused-ring (bicyclic) bond motifs is 4. The molecule has 12 nitrogen and oxygen atoms in total. The van der Waals surface area contributed by atoms with Crippen molar-refractivity contribution >= 4 is 41.1 Å². The van der Waals surface area contributed by atoms with E-state index in [1.165, 1.54) is 24.2 Å². The van der Waals surface area contributed by atoms with Crippen molar-refractivity contribution in [2.45, 2.75) is 32.2 Å². The number of ether oxygens (including phenoxy) is 1. The predicted octanol–water partition coefficient (Wildman–Crippen LogP) is 3.96. The molecule has 2 amide bonds. The second kappa shape index (κ2) is 13.2. The zero-order chi connectivity index (χ0) is 30.3. The monoisotopic (exact) mass is 598 g/mol. The molecule has 4 aromatic rings. The molecule has 3 heterocycles. The third kappa shape index (κ3) is 7.35. The Morgan fingerprint density at radius 1 is 1.16 bits per heavy atom. The lowest BCUT2D eigenvalue weighted by molar-refractivity contribution is -0.139. The number of methoxy groups -OCH3 is 1. The van der Waals surface area contributed by atoms with E-state index in [1.807, 2.05) is 6.08 Å². The summed E-state index contributed by atoms with van der Waals surface area (Å²) in [5, 5.41) is 17.7. The van der Waals surface area contributed by atoms with Gasteiger partial charge in [0.05, 0.1) is 42.3 Å². The Kier molecular flexibility index (Phi) is 8.96. The Hall–Kier alpha value is -5.23. The molecule has 0 saturated heterocycles. The molecular formula is C30H27ClN8O4. The summed E-state index contributed by atoms with van der Waals surface area (Å²) in [6, 6.07) is 11.8. The lowest BCUT2D eigenvalue weighted by Gasteiger charge is -2.19. The molecule has 1 aliphatic heterocycles. The number of aryl methyl sites for hydroxylation is 1. The summed E-state index contributed by atoms with van der Waals surface area (Å²) in [4.78, 5) is 47.0. The van der Waals surface area contributed by atoms with E-state index in [0.29, 0.717) is 56.7 Å². The maximum absolute atomic E-state index is 13.2. The number of nitrogens with zero attached hydrogens (tertiary/aromatic N) is 6. The smallest absolute Gasteiger partial charge is 0.309 e. The average molecular weight is 599 g/mol. The number of tetrazole rings is 1. The highest BCUT2D eigenvalue weighted by Gasteiger charge is 2.20. The number of carbonyl (C=O) groups excluding carboxylic acids is 3. The Morgan fingerprint density at radius 2 is 2.02 bits per heavy atom. The largest absolute Gasteiger partial charge is 0.469 e. The quantitative estimate of drug-likeness (QED) is 0.191. The third-order valence-corrected chi connectivity index (χ3v) is 6.82. The van der Waals surface area contributed by atoms with E-state index in [9.17, 15) is 14.4 Å². The summed E-state index contributed by atoms with van der Waals surface area (Å²) in [5.41, 5.74) is 4.29. The van der Waals surface area contributed by atoms with Gasteiger partial charge in [0, 0.05) is 28.6 Å². The molecule has 13 heteroatoms. The molecule has 0 radical (unpaired) electrons. The van der Waals surface area contributed by atoms with E-state index in [0.717, 1.165) is 0 Å². The van der Waals surface area contributed by atoms with E-state index in [1.54, 1.807) is 61.5 Å². The van der Waals surface area contributed by atoms with Gasteiger partial charge in [0.25, 0.3) is 0 Å². The van der Waals surface area contributed by atoms with Crippen molar-refractivity contribution < 1.29 is 19.1 Å². The molecule has 0 fully saturated rings. The minimum absolute atomic E-state index is 0.0572. The van der Waals surface area contributed by atoms with Gasteiger partial charge in [-0.1, -0.05) is 35.9 Å². The highest BCUT2D eigenvalue weighted by Crippen LogP contribution is 2.31. The minimum atomic E-state index is -0.517. The van der Waals surface area contributed by atoms with Crippen LogP contribution in [0.2, 0.25) is 5.02 Å². The number of rotatable bonds is 6. The van der Waals surface area contributed by atoms with Crippen molar-refractivity contribution in [3.05, 3.63) is 94.7 Å². The highest BCUT2D eigenvalue weighted by molar-refractivity contribution is 6.30. The molecule has 2 aromatic carbocycles. The van der Waals surface area contributed by atoms with Gasteiger partial charge in [-0.05, 0) is 65.7 Å². The third-order valence-electron chi connectivity index (χ3n) is 6.58. The zero-order valence-electron chi connectivity index (χ0n) is 23.3. The lowest BCUT2D eigenvalue weighted by atomic mass is 10.0. The summed E-state index contributed by atoms with van der Waals surface area (Å²) >= 11 is 6.21. The Labute approximate surface area is 251 Å². The second-order valence-corrected chi connectivity index (χ2v) is 10.1. The van der Waals surface area contributed by atoms with Crippen LogP contribution >= 0.6 is 11.6 Å². The predicted molar refractivity (Wildman–Crippen MR) is 159 cm³/mol. The van der Waals surface area contributed by atoms with Gasteiger partial charge in [0.1, 0.15) is 12.2 Å². The van der Waals surface area contributed by atoms with Gasteiger partial charge in [-0.25, -0.2) is 9.97 Å². The first-order chi connectivity index (χ1) is 20.8. The van der Waals surface area contributed by atoms with Gasteiger partial charge in [-0.15, -0.1) is 5.10 Å². The number of esters is 1. The number of aromatic nitrogens is 6. The second-order valence-electron chi connectivity index (χ2n) is 9.67. The van der Waals surface area contributed by atoms with Crippen molar-refractivity contribution in [2.75, 3.05) is 12.4 Å². The van der Waals surface area contributed by atoms with Crippen LogP contribution in [0.15, 0.2) is 67.0 Å². The molecule has 43 heavy (non-hydrogen) atoms. The molecule has 2 N–H and O–H groups in total. The number of hydrogen-bond donors (Lipinski definition) is 2. The van der Waals surface area contributed by atoms with E-state index in [2.05, 4.69) is 36.1 Å². The number of carbonyl (C=O) groups is 3. The Bertz CT molecular complexity index is 1740. The van der Waals surface area contributed by atoms with Gasteiger partial charge in [-0.2, -0.15) is 4.68 Å². The topological polar surface area (TPSA) is 154 Å². The molecular weight excluding hydrogens is 572 g/mol. The first kappa shape index (κ1) is 29.3.